The van der Waals surface area contributed by atoms with E-state index < -0.39 is 13.2 Å². The highest BCUT2D eigenvalue weighted by Crippen LogP contribution is 2.36. The van der Waals surface area contributed by atoms with E-state index in [4.69, 9.17) is 14.0 Å². The first kappa shape index (κ1) is 16.0. The first-order valence-electron chi connectivity index (χ1n) is 7.75. The normalized spacial score (nSPS) is 19.3. The van der Waals surface area contributed by atoms with Gasteiger partial charge in [-0.05, 0) is 46.1 Å². The van der Waals surface area contributed by atoms with Crippen LogP contribution in [-0.4, -0.2) is 40.8 Å². The van der Waals surface area contributed by atoms with Crippen LogP contribution >= 0.6 is 0 Å². The number of fused-ring (bicyclic) bond motifs is 1. The van der Waals surface area contributed by atoms with Gasteiger partial charge in [-0.2, -0.15) is 9.78 Å². The lowest BCUT2D eigenvalue weighted by molar-refractivity contribution is 0.00578. The first-order valence-corrected chi connectivity index (χ1v) is 7.75. The second kappa shape index (κ2) is 5.35. The molecule has 6 nitrogen and oxygen atoms in total. The van der Waals surface area contributed by atoms with E-state index in [1.807, 2.05) is 45.9 Å². The van der Waals surface area contributed by atoms with E-state index in [0.717, 1.165) is 10.8 Å². The average Bonchev–Trinajstić information content (AvgIpc) is 2.97. The van der Waals surface area contributed by atoms with E-state index in [1.165, 1.54) is 4.68 Å². The van der Waals surface area contributed by atoms with Gasteiger partial charge >= 0.3 is 13.2 Å². The maximum absolute atomic E-state index is 11.9. The minimum atomic E-state index is -0.481. The molecule has 0 unspecified atom stereocenters. The molecule has 0 bridgehead atoms. The number of hydrogen-bond acceptors (Lipinski definition) is 5. The zero-order chi connectivity index (χ0) is 16.8. The summed E-state index contributed by atoms with van der Waals surface area (Å²) in [5.74, 6) is 0. The van der Waals surface area contributed by atoms with Crippen LogP contribution < -0.4 is 5.46 Å². The third kappa shape index (κ3) is 2.64. The van der Waals surface area contributed by atoms with Crippen LogP contribution in [0.4, 0.5) is 4.79 Å². The van der Waals surface area contributed by atoms with Crippen LogP contribution in [0.1, 0.15) is 34.6 Å². The summed E-state index contributed by atoms with van der Waals surface area (Å²) in [4.78, 5) is 11.9. The second-order valence-electron chi connectivity index (χ2n) is 6.66. The summed E-state index contributed by atoms with van der Waals surface area (Å²) in [6.45, 7) is 10.1. The van der Waals surface area contributed by atoms with Gasteiger partial charge in [-0.25, -0.2) is 4.79 Å². The molecule has 1 aliphatic heterocycles. The van der Waals surface area contributed by atoms with E-state index in [0.29, 0.717) is 12.1 Å². The number of hydrogen-bond donors (Lipinski definition) is 0. The van der Waals surface area contributed by atoms with Crippen molar-refractivity contribution in [3.8, 4) is 0 Å². The Bertz CT molecular complexity index is 738. The molecule has 1 saturated heterocycles. The van der Waals surface area contributed by atoms with Crippen molar-refractivity contribution in [2.75, 3.05) is 6.61 Å². The number of carbonyl (C=O) groups excluding carboxylic acids is 1. The van der Waals surface area contributed by atoms with E-state index in [2.05, 4.69) is 5.10 Å². The van der Waals surface area contributed by atoms with Crippen LogP contribution in [0.2, 0.25) is 0 Å². The Labute approximate surface area is 135 Å². The molecule has 1 aromatic heterocycles. The maximum atomic E-state index is 11.9. The molecule has 0 aliphatic carbocycles. The molecule has 23 heavy (non-hydrogen) atoms. The molecule has 0 amide bonds. The van der Waals surface area contributed by atoms with Crippen LogP contribution in [0.15, 0.2) is 24.4 Å². The summed E-state index contributed by atoms with van der Waals surface area (Å²) in [5, 5.41) is 4.94. The molecule has 0 N–H and O–H groups in total. The van der Waals surface area contributed by atoms with Gasteiger partial charge < -0.3 is 14.0 Å². The zero-order valence-electron chi connectivity index (χ0n) is 14.1. The SMILES string of the molecule is CCOC(=O)n1ncc2cc(B3OC(C)(C)C(C)(C)O3)ccc21. The number of rotatable bonds is 2. The van der Waals surface area contributed by atoms with Crippen molar-refractivity contribution in [1.82, 2.24) is 9.78 Å². The highest BCUT2D eigenvalue weighted by atomic mass is 16.7. The Hall–Kier alpha value is -1.86. The Morgan fingerprint density at radius 2 is 1.91 bits per heavy atom. The highest BCUT2D eigenvalue weighted by molar-refractivity contribution is 6.62. The molecule has 2 heterocycles. The Morgan fingerprint density at radius 3 is 2.52 bits per heavy atom. The molecule has 0 saturated carbocycles. The molecule has 2 aromatic rings. The molecule has 0 spiro atoms. The molecule has 1 fully saturated rings. The molecule has 122 valence electrons. The third-order valence-electron chi connectivity index (χ3n) is 4.56. The zero-order valence-corrected chi connectivity index (χ0v) is 14.1. The van der Waals surface area contributed by atoms with E-state index in [1.54, 1.807) is 13.1 Å². The fraction of sp³-hybridized carbons (Fsp3) is 0.500. The van der Waals surface area contributed by atoms with E-state index in [-0.39, 0.29) is 11.2 Å². The van der Waals surface area contributed by atoms with Crippen LogP contribution in [-0.2, 0) is 14.0 Å². The van der Waals surface area contributed by atoms with Crippen molar-refractivity contribution in [2.24, 2.45) is 0 Å². The quantitative estimate of drug-likeness (QED) is 0.796. The highest BCUT2D eigenvalue weighted by Gasteiger charge is 2.51. The number of nitrogens with zero attached hydrogens (tertiary/aromatic N) is 2. The summed E-state index contributed by atoms with van der Waals surface area (Å²) in [5.41, 5.74) is 0.826. The van der Waals surface area contributed by atoms with Crippen LogP contribution in [0.3, 0.4) is 0 Å². The fourth-order valence-corrected chi connectivity index (χ4v) is 2.51. The summed E-state index contributed by atoms with van der Waals surface area (Å²) in [6.07, 6.45) is 1.16. The summed E-state index contributed by atoms with van der Waals surface area (Å²) >= 11 is 0. The summed E-state index contributed by atoms with van der Waals surface area (Å²) in [7, 11) is -0.435. The predicted octanol–water partition coefficient (Wildman–Crippen LogP) is 2.34. The number of benzene rings is 1. The third-order valence-corrected chi connectivity index (χ3v) is 4.56. The molecule has 7 heteroatoms. The van der Waals surface area contributed by atoms with Gasteiger partial charge in [-0.1, -0.05) is 12.1 Å². The largest absolute Gasteiger partial charge is 0.494 e. The van der Waals surface area contributed by atoms with Gasteiger partial charge in [0.2, 0.25) is 0 Å². The van der Waals surface area contributed by atoms with E-state index >= 15 is 0 Å². The number of ether oxygens (including phenoxy) is 1. The lowest BCUT2D eigenvalue weighted by Gasteiger charge is -2.32. The van der Waals surface area contributed by atoms with Crippen LogP contribution in [0.25, 0.3) is 10.9 Å². The first-order chi connectivity index (χ1) is 10.7. The minimum Gasteiger partial charge on any atom is -0.448 e. The lowest BCUT2D eigenvalue weighted by atomic mass is 9.79. The van der Waals surface area contributed by atoms with E-state index in [9.17, 15) is 4.79 Å². The van der Waals surface area contributed by atoms with Gasteiger partial charge in [0.1, 0.15) is 0 Å². The number of aromatic nitrogens is 2. The molecular formula is C16H21BN2O4. The van der Waals surface area contributed by atoms with Gasteiger partial charge in [-0.3, -0.25) is 0 Å². The van der Waals surface area contributed by atoms with Crippen molar-refractivity contribution >= 4 is 29.6 Å². The van der Waals surface area contributed by atoms with Gasteiger partial charge in [0, 0.05) is 5.39 Å². The van der Waals surface area contributed by atoms with Gasteiger partial charge in [0.15, 0.2) is 0 Å². The van der Waals surface area contributed by atoms with Crippen molar-refractivity contribution in [3.63, 3.8) is 0 Å². The molecule has 0 radical (unpaired) electrons. The minimum absolute atomic E-state index is 0.312. The van der Waals surface area contributed by atoms with Crippen LogP contribution in [0.5, 0.6) is 0 Å². The lowest BCUT2D eigenvalue weighted by Crippen LogP contribution is -2.41. The average molecular weight is 316 g/mol. The van der Waals surface area contributed by atoms with Gasteiger partial charge in [-0.15, -0.1) is 0 Å². The predicted molar refractivity (Wildman–Crippen MR) is 87.9 cm³/mol. The second-order valence-corrected chi connectivity index (χ2v) is 6.66. The maximum Gasteiger partial charge on any atom is 0.494 e. The van der Waals surface area contributed by atoms with Crippen molar-refractivity contribution in [2.45, 2.75) is 45.8 Å². The molecule has 1 aromatic carbocycles. The topological polar surface area (TPSA) is 62.6 Å². The van der Waals surface area contributed by atoms with Gasteiger partial charge in [0.25, 0.3) is 0 Å². The smallest absolute Gasteiger partial charge is 0.448 e. The fourth-order valence-electron chi connectivity index (χ4n) is 2.51. The summed E-state index contributed by atoms with van der Waals surface area (Å²) in [6, 6.07) is 5.65. The Morgan fingerprint density at radius 1 is 1.26 bits per heavy atom. The molecule has 3 rings (SSSR count). The Kier molecular flexibility index (Phi) is 3.73. The molecule has 1 aliphatic rings. The van der Waals surface area contributed by atoms with Crippen molar-refractivity contribution in [3.05, 3.63) is 24.4 Å². The monoisotopic (exact) mass is 316 g/mol. The Balaban J connectivity index is 1.92. The van der Waals surface area contributed by atoms with Crippen molar-refractivity contribution in [1.29, 1.82) is 0 Å². The summed E-state index contributed by atoms with van der Waals surface area (Å²) < 4.78 is 18.3. The molecular weight excluding hydrogens is 295 g/mol. The molecule has 0 atom stereocenters. The van der Waals surface area contributed by atoms with Gasteiger partial charge in [0.05, 0.1) is 29.5 Å². The number of carbonyl (C=O) groups is 1. The standard InChI is InChI=1S/C16H21BN2O4/c1-6-21-14(20)19-13-8-7-12(9-11(13)10-18-19)17-22-15(2,3)16(4,5)23-17/h7-10H,6H2,1-5H3. The van der Waals surface area contributed by atoms with Crippen molar-refractivity contribution < 1.29 is 18.8 Å². The van der Waals surface area contributed by atoms with Crippen LogP contribution in [0, 0.1) is 0 Å².